The number of carboxylic acid groups (broad SMARTS) is 1. The standard InChI is InChI=1S/C19H19F2N3O3/c20-14-7-6-12(9-15(14)21)24-16-5-1-4-13(16)17(22-24)18(25)23-8-2-3-11(10-23)19(26)27/h6-7,9,11H,1-5,8,10H2,(H,26,27). The fraction of sp³-hybridized carbons (Fsp3) is 0.421. The molecule has 0 radical (unpaired) electrons. The van der Waals surface area contributed by atoms with Crippen LogP contribution < -0.4 is 0 Å². The van der Waals surface area contributed by atoms with Crippen LogP contribution in [0.2, 0.25) is 0 Å². The summed E-state index contributed by atoms with van der Waals surface area (Å²) in [5.74, 6) is -3.66. The van der Waals surface area contributed by atoms with Gasteiger partial charge in [-0.2, -0.15) is 5.10 Å². The Morgan fingerprint density at radius 1 is 1.15 bits per heavy atom. The van der Waals surface area contributed by atoms with Crippen molar-refractivity contribution in [2.45, 2.75) is 32.1 Å². The molecule has 1 fully saturated rings. The summed E-state index contributed by atoms with van der Waals surface area (Å²) in [7, 11) is 0. The van der Waals surface area contributed by atoms with Gasteiger partial charge in [-0.1, -0.05) is 0 Å². The smallest absolute Gasteiger partial charge is 0.308 e. The molecule has 2 aromatic rings. The van der Waals surface area contributed by atoms with Gasteiger partial charge >= 0.3 is 5.97 Å². The molecule has 6 nitrogen and oxygen atoms in total. The third-order valence-electron chi connectivity index (χ3n) is 5.34. The average Bonchev–Trinajstić information content (AvgIpc) is 3.26. The van der Waals surface area contributed by atoms with Gasteiger partial charge < -0.3 is 10.0 Å². The van der Waals surface area contributed by atoms with Crippen molar-refractivity contribution in [1.29, 1.82) is 0 Å². The Bertz CT molecular complexity index is 925. The Kier molecular flexibility index (Phi) is 4.41. The van der Waals surface area contributed by atoms with E-state index in [-0.39, 0.29) is 12.5 Å². The predicted molar refractivity (Wildman–Crippen MR) is 91.8 cm³/mol. The molecule has 142 valence electrons. The maximum Gasteiger partial charge on any atom is 0.308 e. The van der Waals surface area contributed by atoms with E-state index in [1.807, 2.05) is 0 Å². The van der Waals surface area contributed by atoms with E-state index in [1.165, 1.54) is 10.7 Å². The lowest BCUT2D eigenvalue weighted by Gasteiger charge is -2.30. The van der Waals surface area contributed by atoms with Gasteiger partial charge in [0.05, 0.1) is 11.6 Å². The number of benzene rings is 1. The van der Waals surface area contributed by atoms with E-state index in [4.69, 9.17) is 0 Å². The van der Waals surface area contributed by atoms with E-state index in [2.05, 4.69) is 5.10 Å². The van der Waals surface area contributed by atoms with Crippen LogP contribution in [0.4, 0.5) is 8.78 Å². The van der Waals surface area contributed by atoms with Crippen LogP contribution >= 0.6 is 0 Å². The summed E-state index contributed by atoms with van der Waals surface area (Å²) < 4.78 is 28.4. The quantitative estimate of drug-likeness (QED) is 0.895. The topological polar surface area (TPSA) is 75.4 Å². The Labute approximate surface area is 154 Å². The van der Waals surface area contributed by atoms with E-state index >= 15 is 0 Å². The highest BCUT2D eigenvalue weighted by Crippen LogP contribution is 2.30. The zero-order chi connectivity index (χ0) is 19.1. The second-order valence-corrected chi connectivity index (χ2v) is 7.07. The fourth-order valence-electron chi connectivity index (χ4n) is 3.95. The van der Waals surface area contributed by atoms with E-state index in [9.17, 15) is 23.5 Å². The zero-order valence-corrected chi connectivity index (χ0v) is 14.6. The minimum absolute atomic E-state index is 0.168. The van der Waals surface area contributed by atoms with E-state index in [1.54, 1.807) is 4.90 Å². The molecule has 1 atom stereocenters. The lowest BCUT2D eigenvalue weighted by molar-refractivity contribution is -0.143. The molecule has 1 aromatic carbocycles. The average molecular weight is 375 g/mol. The van der Waals surface area contributed by atoms with Gasteiger partial charge in [-0.3, -0.25) is 9.59 Å². The van der Waals surface area contributed by atoms with Crippen molar-refractivity contribution in [2.24, 2.45) is 5.92 Å². The first-order valence-corrected chi connectivity index (χ1v) is 9.04. The summed E-state index contributed by atoms with van der Waals surface area (Å²) in [6.07, 6.45) is 3.44. The summed E-state index contributed by atoms with van der Waals surface area (Å²) in [6.45, 7) is 0.663. The van der Waals surface area contributed by atoms with Crippen LogP contribution in [0.1, 0.15) is 41.0 Å². The number of aliphatic carboxylic acids is 1. The monoisotopic (exact) mass is 375 g/mol. The first-order valence-electron chi connectivity index (χ1n) is 9.04. The normalized spacial score (nSPS) is 19.2. The van der Waals surface area contributed by atoms with Crippen molar-refractivity contribution in [3.05, 3.63) is 46.8 Å². The van der Waals surface area contributed by atoms with Crippen molar-refractivity contribution in [3.63, 3.8) is 0 Å². The summed E-state index contributed by atoms with van der Waals surface area (Å²) in [4.78, 5) is 25.8. The molecule has 1 N–H and O–H groups in total. The predicted octanol–water partition coefficient (Wildman–Crippen LogP) is 2.58. The van der Waals surface area contributed by atoms with Crippen LogP contribution in [0, 0.1) is 17.6 Å². The highest BCUT2D eigenvalue weighted by molar-refractivity contribution is 5.94. The summed E-state index contributed by atoms with van der Waals surface area (Å²) in [5, 5.41) is 13.6. The molecule has 2 aliphatic rings. The van der Waals surface area contributed by atoms with Crippen LogP contribution in [0.15, 0.2) is 18.2 Å². The van der Waals surface area contributed by atoms with Crippen molar-refractivity contribution >= 4 is 11.9 Å². The molecular formula is C19H19F2N3O3. The van der Waals surface area contributed by atoms with Crippen molar-refractivity contribution in [3.8, 4) is 5.69 Å². The lowest BCUT2D eigenvalue weighted by atomic mass is 9.98. The minimum atomic E-state index is -0.969. The lowest BCUT2D eigenvalue weighted by Crippen LogP contribution is -2.42. The SMILES string of the molecule is O=C(O)C1CCCN(C(=O)c2nn(-c3ccc(F)c(F)c3)c3c2CCC3)C1. The van der Waals surface area contributed by atoms with Gasteiger partial charge in [-0.05, 0) is 44.2 Å². The minimum Gasteiger partial charge on any atom is -0.481 e. The first kappa shape index (κ1) is 17.6. The highest BCUT2D eigenvalue weighted by Gasteiger charge is 2.33. The number of likely N-dealkylation sites (tertiary alicyclic amines) is 1. The van der Waals surface area contributed by atoms with E-state index in [0.29, 0.717) is 43.6 Å². The van der Waals surface area contributed by atoms with Crippen LogP contribution in [0.3, 0.4) is 0 Å². The summed E-state index contributed by atoms with van der Waals surface area (Å²) in [5.41, 5.74) is 2.31. The van der Waals surface area contributed by atoms with Crippen LogP contribution in [0.25, 0.3) is 5.69 Å². The third kappa shape index (κ3) is 3.09. The molecule has 2 heterocycles. The number of piperidine rings is 1. The van der Waals surface area contributed by atoms with Crippen molar-refractivity contribution in [1.82, 2.24) is 14.7 Å². The maximum absolute atomic E-state index is 13.6. The van der Waals surface area contributed by atoms with Crippen LogP contribution in [-0.4, -0.2) is 44.8 Å². The first-order chi connectivity index (χ1) is 13.0. The number of amides is 1. The largest absolute Gasteiger partial charge is 0.481 e. The van der Waals surface area contributed by atoms with Crippen molar-refractivity contribution < 1.29 is 23.5 Å². The van der Waals surface area contributed by atoms with Gasteiger partial charge in [0.1, 0.15) is 0 Å². The number of carboxylic acids is 1. The molecule has 8 heteroatoms. The fourth-order valence-corrected chi connectivity index (χ4v) is 3.95. The molecule has 4 rings (SSSR count). The number of aromatic nitrogens is 2. The van der Waals surface area contributed by atoms with Gasteiger partial charge in [0.25, 0.3) is 5.91 Å². The molecule has 1 aromatic heterocycles. The Morgan fingerprint density at radius 2 is 1.96 bits per heavy atom. The molecule has 0 bridgehead atoms. The second-order valence-electron chi connectivity index (χ2n) is 7.07. The number of hydrogen-bond acceptors (Lipinski definition) is 3. The van der Waals surface area contributed by atoms with E-state index < -0.39 is 23.5 Å². The summed E-state index contributed by atoms with van der Waals surface area (Å²) >= 11 is 0. The molecular weight excluding hydrogens is 356 g/mol. The third-order valence-corrected chi connectivity index (χ3v) is 5.34. The molecule has 1 aliphatic heterocycles. The molecule has 1 unspecified atom stereocenters. The van der Waals surface area contributed by atoms with Crippen LogP contribution in [-0.2, 0) is 17.6 Å². The Morgan fingerprint density at radius 3 is 2.70 bits per heavy atom. The van der Waals surface area contributed by atoms with Gasteiger partial charge in [0.2, 0.25) is 0 Å². The molecule has 27 heavy (non-hydrogen) atoms. The van der Waals surface area contributed by atoms with Crippen molar-refractivity contribution in [2.75, 3.05) is 13.1 Å². The molecule has 1 saturated heterocycles. The van der Waals surface area contributed by atoms with Gasteiger partial charge in [0.15, 0.2) is 17.3 Å². The molecule has 1 aliphatic carbocycles. The van der Waals surface area contributed by atoms with Gasteiger partial charge in [0, 0.05) is 30.4 Å². The highest BCUT2D eigenvalue weighted by atomic mass is 19.2. The number of rotatable bonds is 3. The second kappa shape index (κ2) is 6.75. The molecule has 0 saturated carbocycles. The van der Waals surface area contributed by atoms with Gasteiger partial charge in [-0.25, -0.2) is 13.5 Å². The zero-order valence-electron chi connectivity index (χ0n) is 14.6. The van der Waals surface area contributed by atoms with E-state index in [0.717, 1.165) is 29.8 Å². The number of fused-ring (bicyclic) bond motifs is 1. The van der Waals surface area contributed by atoms with Gasteiger partial charge in [-0.15, -0.1) is 0 Å². The van der Waals surface area contributed by atoms with Crippen LogP contribution in [0.5, 0.6) is 0 Å². The number of carbonyl (C=O) groups is 2. The number of carbonyl (C=O) groups excluding carboxylic acids is 1. The maximum atomic E-state index is 13.6. The number of nitrogens with zero attached hydrogens (tertiary/aromatic N) is 3. The molecule has 1 amide bonds. The number of halogens is 2. The Hall–Kier alpha value is -2.77. The Balaban J connectivity index is 1.69. The molecule has 0 spiro atoms. The number of hydrogen-bond donors (Lipinski definition) is 1. The summed E-state index contributed by atoms with van der Waals surface area (Å²) in [6, 6.07) is 3.54.